The van der Waals surface area contributed by atoms with Crippen LogP contribution in [0, 0.1) is 5.82 Å². The molecule has 1 N–H and O–H groups in total. The molecule has 33 heavy (non-hydrogen) atoms. The average molecular weight is 536 g/mol. The number of halogens is 3. The molecule has 1 aliphatic heterocycles. The topological polar surface area (TPSA) is 43.0 Å². The van der Waals surface area contributed by atoms with Crippen LogP contribution in [0.15, 0.2) is 59.1 Å². The number of hydrogen-bond acceptors (Lipinski definition) is 5. The van der Waals surface area contributed by atoms with Crippen LogP contribution < -0.4 is 19.7 Å². The third-order valence-corrected chi connectivity index (χ3v) is 6.50. The highest BCUT2D eigenvalue weighted by molar-refractivity contribution is 9.10. The van der Waals surface area contributed by atoms with Crippen LogP contribution in [0.3, 0.4) is 0 Å². The van der Waals surface area contributed by atoms with Gasteiger partial charge in [-0.1, -0.05) is 39.7 Å². The van der Waals surface area contributed by atoms with Crippen LogP contribution in [0.4, 0.5) is 15.8 Å². The van der Waals surface area contributed by atoms with Crippen LogP contribution in [-0.2, 0) is 17.9 Å². The number of anilines is 2. The van der Waals surface area contributed by atoms with Gasteiger partial charge in [-0.2, -0.15) is 0 Å². The third kappa shape index (κ3) is 5.91. The van der Waals surface area contributed by atoms with Crippen LogP contribution >= 0.6 is 27.5 Å². The van der Waals surface area contributed by atoms with E-state index in [0.717, 1.165) is 40.1 Å². The maximum absolute atomic E-state index is 13.2. The van der Waals surface area contributed by atoms with Gasteiger partial charge in [-0.15, -0.1) is 0 Å². The fraction of sp³-hybridized carbons (Fsp3) is 0.280. The fourth-order valence-electron chi connectivity index (χ4n) is 3.67. The molecule has 174 valence electrons. The van der Waals surface area contributed by atoms with Crippen molar-refractivity contribution in [2.45, 2.75) is 13.2 Å². The second kappa shape index (κ2) is 11.1. The Bertz CT molecular complexity index is 1090. The molecule has 0 bridgehead atoms. The summed E-state index contributed by atoms with van der Waals surface area (Å²) in [4.78, 5) is 2.23. The van der Waals surface area contributed by atoms with Crippen molar-refractivity contribution in [3.63, 3.8) is 0 Å². The monoisotopic (exact) mass is 534 g/mol. The lowest BCUT2D eigenvalue weighted by Crippen LogP contribution is -2.36. The highest BCUT2D eigenvalue weighted by atomic mass is 79.9. The SMILES string of the molecule is COc1ccc(Br)c(CNc2ccc(N3CCOCC3)c(Cl)c2)c1OCc1ccc(F)cc1. The molecule has 1 heterocycles. The second-order valence-electron chi connectivity index (χ2n) is 7.59. The zero-order valence-electron chi connectivity index (χ0n) is 18.2. The molecule has 1 aliphatic rings. The molecule has 4 rings (SSSR count). The Morgan fingerprint density at radius 2 is 1.85 bits per heavy atom. The van der Waals surface area contributed by atoms with Crippen molar-refractivity contribution in [2.24, 2.45) is 0 Å². The lowest BCUT2D eigenvalue weighted by molar-refractivity contribution is 0.122. The number of nitrogens with zero attached hydrogens (tertiary/aromatic N) is 1. The summed E-state index contributed by atoms with van der Waals surface area (Å²) < 4.78 is 31.2. The summed E-state index contributed by atoms with van der Waals surface area (Å²) in [5.41, 5.74) is 3.68. The number of ether oxygens (including phenoxy) is 3. The number of hydrogen-bond donors (Lipinski definition) is 1. The van der Waals surface area contributed by atoms with Gasteiger partial charge in [0.2, 0.25) is 0 Å². The molecule has 0 aromatic heterocycles. The Morgan fingerprint density at radius 1 is 1.09 bits per heavy atom. The van der Waals surface area contributed by atoms with Crippen molar-refractivity contribution in [1.82, 2.24) is 0 Å². The first kappa shape index (κ1) is 23.7. The Balaban J connectivity index is 1.50. The van der Waals surface area contributed by atoms with E-state index >= 15 is 0 Å². The van der Waals surface area contributed by atoms with Crippen molar-refractivity contribution in [3.05, 3.63) is 81.0 Å². The normalized spacial score (nSPS) is 13.6. The number of rotatable bonds is 8. The van der Waals surface area contributed by atoms with Gasteiger partial charge in [-0.3, -0.25) is 0 Å². The number of benzene rings is 3. The Labute approximate surface area is 206 Å². The summed E-state index contributed by atoms with van der Waals surface area (Å²) in [6.45, 7) is 3.86. The minimum absolute atomic E-state index is 0.276. The van der Waals surface area contributed by atoms with E-state index in [9.17, 15) is 4.39 Å². The lowest BCUT2D eigenvalue weighted by atomic mass is 10.1. The van der Waals surface area contributed by atoms with E-state index in [1.807, 2.05) is 30.3 Å². The second-order valence-corrected chi connectivity index (χ2v) is 8.85. The molecule has 3 aromatic rings. The maximum Gasteiger partial charge on any atom is 0.167 e. The third-order valence-electron chi connectivity index (χ3n) is 5.45. The highest BCUT2D eigenvalue weighted by Crippen LogP contribution is 2.38. The summed E-state index contributed by atoms with van der Waals surface area (Å²) >= 11 is 10.2. The first-order chi connectivity index (χ1) is 16.0. The molecule has 0 unspecified atom stereocenters. The molecule has 3 aromatic carbocycles. The molecule has 1 fully saturated rings. The number of methoxy groups -OCH3 is 1. The zero-order valence-corrected chi connectivity index (χ0v) is 20.6. The van der Waals surface area contributed by atoms with Gasteiger partial charge in [0, 0.05) is 35.4 Å². The molecule has 0 spiro atoms. The van der Waals surface area contributed by atoms with E-state index in [4.69, 9.17) is 25.8 Å². The first-order valence-corrected chi connectivity index (χ1v) is 11.8. The minimum Gasteiger partial charge on any atom is -0.493 e. The smallest absolute Gasteiger partial charge is 0.167 e. The summed E-state index contributed by atoms with van der Waals surface area (Å²) in [5.74, 6) is 0.972. The van der Waals surface area contributed by atoms with Gasteiger partial charge >= 0.3 is 0 Å². The summed E-state index contributed by atoms with van der Waals surface area (Å²) in [6, 6.07) is 16.0. The summed E-state index contributed by atoms with van der Waals surface area (Å²) in [7, 11) is 1.61. The standard InChI is InChI=1S/C25H25BrClFN2O3/c1-31-24-9-7-21(26)20(25(24)33-16-17-2-4-18(28)5-3-17)15-29-19-6-8-23(22(27)14-19)30-10-12-32-13-11-30/h2-9,14,29H,10-13,15-16H2,1H3. The van der Waals surface area contributed by atoms with Crippen LogP contribution in [0.1, 0.15) is 11.1 Å². The van der Waals surface area contributed by atoms with E-state index in [1.54, 1.807) is 19.2 Å². The summed E-state index contributed by atoms with van der Waals surface area (Å²) in [6.07, 6.45) is 0. The molecule has 0 radical (unpaired) electrons. The maximum atomic E-state index is 13.2. The Morgan fingerprint density at radius 3 is 2.55 bits per heavy atom. The van der Waals surface area contributed by atoms with E-state index in [1.165, 1.54) is 12.1 Å². The number of morpholine rings is 1. The molecule has 5 nitrogen and oxygen atoms in total. The molecule has 0 amide bonds. The first-order valence-electron chi connectivity index (χ1n) is 10.6. The highest BCUT2D eigenvalue weighted by Gasteiger charge is 2.17. The molecular formula is C25H25BrClFN2O3. The van der Waals surface area contributed by atoms with Gasteiger partial charge in [0.15, 0.2) is 11.5 Å². The molecule has 0 atom stereocenters. The van der Waals surface area contributed by atoms with E-state index in [0.29, 0.717) is 42.9 Å². The van der Waals surface area contributed by atoms with E-state index in [-0.39, 0.29) is 5.82 Å². The van der Waals surface area contributed by atoms with Crippen molar-refractivity contribution in [3.8, 4) is 11.5 Å². The van der Waals surface area contributed by atoms with Crippen LogP contribution in [0.5, 0.6) is 11.5 Å². The molecular weight excluding hydrogens is 511 g/mol. The molecule has 1 saturated heterocycles. The van der Waals surface area contributed by atoms with Crippen LogP contribution in [0.2, 0.25) is 5.02 Å². The van der Waals surface area contributed by atoms with Crippen molar-refractivity contribution >= 4 is 38.9 Å². The Kier molecular flexibility index (Phi) is 7.96. The van der Waals surface area contributed by atoms with Gasteiger partial charge in [0.05, 0.1) is 31.0 Å². The predicted molar refractivity (Wildman–Crippen MR) is 133 cm³/mol. The lowest BCUT2D eigenvalue weighted by Gasteiger charge is -2.29. The van der Waals surface area contributed by atoms with Crippen molar-refractivity contribution < 1.29 is 18.6 Å². The van der Waals surface area contributed by atoms with Crippen LogP contribution in [0.25, 0.3) is 0 Å². The van der Waals surface area contributed by atoms with Gasteiger partial charge in [-0.05, 0) is 48.0 Å². The Hall–Kier alpha value is -2.48. The van der Waals surface area contributed by atoms with E-state index in [2.05, 4.69) is 26.1 Å². The largest absolute Gasteiger partial charge is 0.493 e. The van der Waals surface area contributed by atoms with Gasteiger partial charge in [0.1, 0.15) is 12.4 Å². The average Bonchev–Trinajstić information content (AvgIpc) is 2.83. The molecule has 8 heteroatoms. The molecule has 0 aliphatic carbocycles. The van der Waals surface area contributed by atoms with Crippen LogP contribution in [-0.4, -0.2) is 33.4 Å². The van der Waals surface area contributed by atoms with Crippen molar-refractivity contribution in [2.75, 3.05) is 43.6 Å². The number of nitrogens with one attached hydrogen (secondary N) is 1. The van der Waals surface area contributed by atoms with Gasteiger partial charge < -0.3 is 24.4 Å². The predicted octanol–water partition coefficient (Wildman–Crippen LogP) is 6.28. The van der Waals surface area contributed by atoms with Crippen molar-refractivity contribution in [1.29, 1.82) is 0 Å². The molecule has 0 saturated carbocycles. The quantitative estimate of drug-likeness (QED) is 0.368. The van der Waals surface area contributed by atoms with Gasteiger partial charge in [-0.25, -0.2) is 4.39 Å². The van der Waals surface area contributed by atoms with E-state index < -0.39 is 0 Å². The summed E-state index contributed by atoms with van der Waals surface area (Å²) in [5, 5.41) is 4.12. The zero-order chi connectivity index (χ0) is 23.2. The minimum atomic E-state index is -0.276. The van der Waals surface area contributed by atoms with Gasteiger partial charge in [0.25, 0.3) is 0 Å². The fourth-order valence-corrected chi connectivity index (χ4v) is 4.42.